The molecule has 0 saturated carbocycles. The normalized spacial score (nSPS) is 11.0. The van der Waals surface area contributed by atoms with E-state index < -0.39 is 0 Å². The standard InChI is InChI=1S/C17H15BrN2O/c1-11-9-12(7-8-13(11)18)16(21)10-17-19-14-5-3-4-6-15(14)20(17)2/h3-9H,10H2,1-2H3. The first-order valence-corrected chi connectivity index (χ1v) is 7.55. The Morgan fingerprint density at radius 2 is 2.00 bits per heavy atom. The van der Waals surface area contributed by atoms with Crippen molar-refractivity contribution in [2.75, 3.05) is 0 Å². The van der Waals surface area contributed by atoms with Gasteiger partial charge in [0.05, 0.1) is 17.5 Å². The quantitative estimate of drug-likeness (QED) is 0.672. The summed E-state index contributed by atoms with van der Waals surface area (Å²) in [6, 6.07) is 13.6. The van der Waals surface area contributed by atoms with Crippen molar-refractivity contribution in [2.24, 2.45) is 7.05 Å². The van der Waals surface area contributed by atoms with Crippen molar-refractivity contribution in [1.29, 1.82) is 0 Å². The van der Waals surface area contributed by atoms with Crippen LogP contribution in [0.5, 0.6) is 0 Å². The Hall–Kier alpha value is -1.94. The maximum Gasteiger partial charge on any atom is 0.170 e. The Morgan fingerprint density at radius 1 is 1.24 bits per heavy atom. The molecule has 0 aliphatic heterocycles. The summed E-state index contributed by atoms with van der Waals surface area (Å²) in [5.41, 5.74) is 3.76. The number of aryl methyl sites for hydroxylation is 2. The number of nitrogens with zero attached hydrogens (tertiary/aromatic N) is 2. The largest absolute Gasteiger partial charge is 0.331 e. The number of para-hydroxylation sites is 2. The van der Waals surface area contributed by atoms with E-state index in [0.29, 0.717) is 6.42 Å². The minimum Gasteiger partial charge on any atom is -0.331 e. The second-order valence-electron chi connectivity index (χ2n) is 5.14. The number of halogens is 1. The first-order chi connectivity index (χ1) is 10.1. The van der Waals surface area contributed by atoms with E-state index >= 15 is 0 Å². The Balaban J connectivity index is 1.92. The summed E-state index contributed by atoms with van der Waals surface area (Å²) in [6.07, 6.45) is 0.312. The predicted octanol–water partition coefficient (Wildman–Crippen LogP) is 4.07. The summed E-state index contributed by atoms with van der Waals surface area (Å²) in [5, 5.41) is 0. The summed E-state index contributed by atoms with van der Waals surface area (Å²) in [6.45, 7) is 1.98. The van der Waals surface area contributed by atoms with Gasteiger partial charge in [-0.15, -0.1) is 0 Å². The summed E-state index contributed by atoms with van der Waals surface area (Å²) in [5.74, 6) is 0.880. The van der Waals surface area contributed by atoms with Crippen LogP contribution in [0.1, 0.15) is 21.7 Å². The fourth-order valence-electron chi connectivity index (χ4n) is 2.42. The van der Waals surface area contributed by atoms with Crippen molar-refractivity contribution in [3.63, 3.8) is 0 Å². The van der Waals surface area contributed by atoms with Gasteiger partial charge in [-0.25, -0.2) is 4.98 Å². The smallest absolute Gasteiger partial charge is 0.170 e. The molecule has 0 saturated heterocycles. The molecule has 0 amide bonds. The molecule has 0 fully saturated rings. The number of aromatic nitrogens is 2. The average molecular weight is 343 g/mol. The van der Waals surface area contributed by atoms with E-state index in [0.717, 1.165) is 32.5 Å². The highest BCUT2D eigenvalue weighted by atomic mass is 79.9. The van der Waals surface area contributed by atoms with Crippen LogP contribution >= 0.6 is 15.9 Å². The number of carbonyl (C=O) groups is 1. The van der Waals surface area contributed by atoms with E-state index in [4.69, 9.17) is 0 Å². The summed E-state index contributed by atoms with van der Waals surface area (Å²) in [7, 11) is 1.95. The van der Waals surface area contributed by atoms with Crippen LogP contribution in [0, 0.1) is 6.92 Å². The van der Waals surface area contributed by atoms with Gasteiger partial charge in [0, 0.05) is 17.1 Å². The highest BCUT2D eigenvalue weighted by Crippen LogP contribution is 2.19. The number of hydrogen-bond donors (Lipinski definition) is 0. The van der Waals surface area contributed by atoms with Crippen molar-refractivity contribution in [2.45, 2.75) is 13.3 Å². The minimum absolute atomic E-state index is 0.0870. The average Bonchev–Trinajstić information content (AvgIpc) is 2.79. The molecule has 0 aliphatic rings. The molecule has 1 aromatic heterocycles. The highest BCUT2D eigenvalue weighted by Gasteiger charge is 2.13. The molecule has 0 radical (unpaired) electrons. The third kappa shape index (κ3) is 2.63. The molecule has 3 nitrogen and oxygen atoms in total. The molecule has 3 aromatic rings. The van der Waals surface area contributed by atoms with Crippen molar-refractivity contribution < 1.29 is 4.79 Å². The molecular weight excluding hydrogens is 328 g/mol. The summed E-state index contributed by atoms with van der Waals surface area (Å²) >= 11 is 3.45. The van der Waals surface area contributed by atoms with E-state index in [-0.39, 0.29) is 5.78 Å². The molecule has 0 atom stereocenters. The number of benzene rings is 2. The lowest BCUT2D eigenvalue weighted by Crippen LogP contribution is -2.08. The van der Waals surface area contributed by atoms with Gasteiger partial charge in [0.2, 0.25) is 0 Å². The number of Topliss-reactive ketones (excluding diaryl/α,β-unsaturated/α-hetero) is 1. The lowest BCUT2D eigenvalue weighted by atomic mass is 10.1. The lowest BCUT2D eigenvalue weighted by molar-refractivity contribution is 0.0990. The van der Waals surface area contributed by atoms with Gasteiger partial charge in [0.15, 0.2) is 5.78 Å². The second kappa shape index (κ2) is 5.45. The molecular formula is C17H15BrN2O. The number of ketones is 1. The topological polar surface area (TPSA) is 34.9 Å². The van der Waals surface area contributed by atoms with Gasteiger partial charge >= 0.3 is 0 Å². The van der Waals surface area contributed by atoms with Gasteiger partial charge in [-0.1, -0.05) is 34.1 Å². The zero-order valence-corrected chi connectivity index (χ0v) is 13.5. The number of hydrogen-bond acceptors (Lipinski definition) is 2. The molecule has 2 aromatic carbocycles. The molecule has 0 spiro atoms. The predicted molar refractivity (Wildman–Crippen MR) is 87.6 cm³/mol. The molecule has 0 unspecified atom stereocenters. The first kappa shape index (κ1) is 14.0. The van der Waals surface area contributed by atoms with Crippen LogP contribution in [0.25, 0.3) is 11.0 Å². The van der Waals surface area contributed by atoms with Gasteiger partial charge in [0.25, 0.3) is 0 Å². The Labute approximate surface area is 131 Å². The van der Waals surface area contributed by atoms with Crippen LogP contribution in [0.3, 0.4) is 0 Å². The van der Waals surface area contributed by atoms with Crippen LogP contribution in [0.4, 0.5) is 0 Å². The zero-order valence-electron chi connectivity index (χ0n) is 11.9. The Morgan fingerprint density at radius 3 is 2.71 bits per heavy atom. The molecule has 106 valence electrons. The molecule has 3 rings (SSSR count). The van der Waals surface area contributed by atoms with Crippen LogP contribution in [-0.2, 0) is 13.5 Å². The molecule has 21 heavy (non-hydrogen) atoms. The number of carbonyl (C=O) groups excluding carboxylic acids is 1. The van der Waals surface area contributed by atoms with E-state index in [1.165, 1.54) is 0 Å². The fourth-order valence-corrected chi connectivity index (χ4v) is 2.66. The first-order valence-electron chi connectivity index (χ1n) is 6.76. The van der Waals surface area contributed by atoms with Gasteiger partial charge < -0.3 is 4.57 Å². The van der Waals surface area contributed by atoms with Crippen LogP contribution in [-0.4, -0.2) is 15.3 Å². The SMILES string of the molecule is Cc1cc(C(=O)Cc2nc3ccccc3n2C)ccc1Br. The fraction of sp³-hybridized carbons (Fsp3) is 0.176. The monoisotopic (exact) mass is 342 g/mol. The van der Waals surface area contributed by atoms with Gasteiger partial charge in [-0.05, 0) is 36.8 Å². The van der Waals surface area contributed by atoms with Crippen molar-refractivity contribution in [3.8, 4) is 0 Å². The maximum absolute atomic E-state index is 12.4. The second-order valence-corrected chi connectivity index (χ2v) is 5.99. The minimum atomic E-state index is 0.0870. The van der Waals surface area contributed by atoms with Gasteiger partial charge in [0.1, 0.15) is 5.82 Å². The Kier molecular flexibility index (Phi) is 3.64. The molecule has 1 heterocycles. The number of imidazole rings is 1. The molecule has 4 heteroatoms. The maximum atomic E-state index is 12.4. The van der Waals surface area contributed by atoms with Gasteiger partial charge in [-0.2, -0.15) is 0 Å². The van der Waals surface area contributed by atoms with Crippen molar-refractivity contribution in [1.82, 2.24) is 9.55 Å². The Bertz CT molecular complexity index is 836. The van der Waals surface area contributed by atoms with Crippen LogP contribution in [0.15, 0.2) is 46.9 Å². The van der Waals surface area contributed by atoms with Crippen LogP contribution < -0.4 is 0 Å². The van der Waals surface area contributed by atoms with Crippen molar-refractivity contribution >= 4 is 32.7 Å². The third-order valence-electron chi connectivity index (χ3n) is 3.68. The zero-order chi connectivity index (χ0) is 15.0. The van der Waals surface area contributed by atoms with Gasteiger partial charge in [-0.3, -0.25) is 4.79 Å². The summed E-state index contributed by atoms with van der Waals surface area (Å²) in [4.78, 5) is 17.0. The van der Waals surface area contributed by atoms with E-state index in [1.807, 2.05) is 61.0 Å². The molecule has 0 aliphatic carbocycles. The van der Waals surface area contributed by atoms with E-state index in [1.54, 1.807) is 0 Å². The van der Waals surface area contributed by atoms with Crippen LogP contribution in [0.2, 0.25) is 0 Å². The number of fused-ring (bicyclic) bond motifs is 1. The molecule has 0 bridgehead atoms. The summed E-state index contributed by atoms with van der Waals surface area (Å²) < 4.78 is 3.00. The number of rotatable bonds is 3. The van der Waals surface area contributed by atoms with E-state index in [2.05, 4.69) is 20.9 Å². The highest BCUT2D eigenvalue weighted by molar-refractivity contribution is 9.10. The third-order valence-corrected chi connectivity index (χ3v) is 4.57. The lowest BCUT2D eigenvalue weighted by Gasteiger charge is -2.04. The molecule has 0 N–H and O–H groups in total. The van der Waals surface area contributed by atoms with Crippen molar-refractivity contribution in [3.05, 3.63) is 63.9 Å². The van der Waals surface area contributed by atoms with E-state index in [9.17, 15) is 4.79 Å².